The largest absolute Gasteiger partial charge is 0.480 e. The van der Waals surface area contributed by atoms with Crippen LogP contribution in [-0.2, 0) is 18.3 Å². The molecule has 0 saturated heterocycles. The van der Waals surface area contributed by atoms with E-state index in [2.05, 4.69) is 10.4 Å². The van der Waals surface area contributed by atoms with Gasteiger partial charge in [0, 0.05) is 19.2 Å². The van der Waals surface area contributed by atoms with Gasteiger partial charge in [-0.15, -0.1) is 0 Å². The molecule has 0 fully saturated rings. The number of hydrogen-bond acceptors (Lipinski definition) is 3. The van der Waals surface area contributed by atoms with Crippen molar-refractivity contribution in [2.75, 3.05) is 0 Å². The third-order valence-electron chi connectivity index (χ3n) is 3.23. The molecule has 2 N–H and O–H groups in total. The van der Waals surface area contributed by atoms with E-state index < -0.39 is 17.9 Å². The molecule has 2 rings (SSSR count). The maximum atomic E-state index is 12.1. The number of carboxylic acid groups (broad SMARTS) is 1. The summed E-state index contributed by atoms with van der Waals surface area (Å²) in [6.07, 6.45) is 0.230. The molecule has 0 spiro atoms. The lowest BCUT2D eigenvalue weighted by Gasteiger charge is -2.13. The molecule has 1 aromatic carbocycles. The Morgan fingerprint density at radius 3 is 2.52 bits per heavy atom. The fraction of sp³-hybridized carbons (Fsp3) is 0.267. The van der Waals surface area contributed by atoms with Gasteiger partial charge >= 0.3 is 5.97 Å². The average molecular weight is 287 g/mol. The summed E-state index contributed by atoms with van der Waals surface area (Å²) in [7, 11) is 1.73. The van der Waals surface area contributed by atoms with Crippen molar-refractivity contribution < 1.29 is 14.7 Å². The van der Waals surface area contributed by atoms with Gasteiger partial charge in [0.25, 0.3) is 5.91 Å². The molecule has 2 aromatic rings. The topological polar surface area (TPSA) is 84.2 Å². The Kier molecular flexibility index (Phi) is 4.37. The van der Waals surface area contributed by atoms with Crippen LogP contribution in [-0.4, -0.2) is 32.8 Å². The van der Waals surface area contributed by atoms with E-state index in [9.17, 15) is 14.7 Å². The maximum Gasteiger partial charge on any atom is 0.326 e. The smallest absolute Gasteiger partial charge is 0.326 e. The highest BCUT2D eigenvalue weighted by molar-refractivity contribution is 5.95. The normalized spacial score (nSPS) is 11.9. The van der Waals surface area contributed by atoms with E-state index in [4.69, 9.17) is 0 Å². The van der Waals surface area contributed by atoms with E-state index in [0.29, 0.717) is 0 Å². The van der Waals surface area contributed by atoms with Crippen molar-refractivity contribution in [2.24, 2.45) is 7.05 Å². The summed E-state index contributed by atoms with van der Waals surface area (Å²) in [5.74, 6) is -1.55. The van der Waals surface area contributed by atoms with Crippen LogP contribution in [0.15, 0.2) is 36.4 Å². The van der Waals surface area contributed by atoms with E-state index in [-0.39, 0.29) is 12.1 Å². The molecule has 110 valence electrons. The van der Waals surface area contributed by atoms with Crippen LogP contribution in [0.25, 0.3) is 0 Å². The second-order valence-electron chi connectivity index (χ2n) is 4.85. The highest BCUT2D eigenvalue weighted by atomic mass is 16.4. The van der Waals surface area contributed by atoms with Gasteiger partial charge in [0.05, 0.1) is 0 Å². The number of aryl methyl sites for hydroxylation is 2. The summed E-state index contributed by atoms with van der Waals surface area (Å²) in [4.78, 5) is 23.4. The first-order valence-electron chi connectivity index (χ1n) is 6.55. The Balaban J connectivity index is 2.09. The fourth-order valence-electron chi connectivity index (χ4n) is 1.95. The zero-order valence-corrected chi connectivity index (χ0v) is 11.9. The van der Waals surface area contributed by atoms with Gasteiger partial charge < -0.3 is 10.4 Å². The van der Waals surface area contributed by atoms with Crippen LogP contribution in [0.3, 0.4) is 0 Å². The minimum Gasteiger partial charge on any atom is -0.480 e. The molecule has 6 nitrogen and oxygen atoms in total. The molecule has 1 aromatic heterocycles. The van der Waals surface area contributed by atoms with Crippen LogP contribution in [0, 0.1) is 6.92 Å². The van der Waals surface area contributed by atoms with Gasteiger partial charge in [-0.25, -0.2) is 4.79 Å². The number of hydrogen-bond donors (Lipinski definition) is 2. The van der Waals surface area contributed by atoms with Crippen molar-refractivity contribution in [3.8, 4) is 0 Å². The molecule has 0 bridgehead atoms. The molecule has 1 heterocycles. The summed E-state index contributed by atoms with van der Waals surface area (Å²) in [6, 6.07) is 9.81. The Hall–Kier alpha value is -2.63. The van der Waals surface area contributed by atoms with Crippen molar-refractivity contribution in [2.45, 2.75) is 19.4 Å². The second kappa shape index (κ2) is 6.21. The molecule has 21 heavy (non-hydrogen) atoms. The van der Waals surface area contributed by atoms with Gasteiger partial charge in [-0.2, -0.15) is 5.10 Å². The monoisotopic (exact) mass is 287 g/mol. The maximum absolute atomic E-state index is 12.1. The summed E-state index contributed by atoms with van der Waals surface area (Å²) in [5.41, 5.74) is 1.90. The number of aliphatic carboxylic acids is 1. The molecular weight excluding hydrogens is 270 g/mol. The average Bonchev–Trinajstić information content (AvgIpc) is 2.79. The first kappa shape index (κ1) is 14.8. The van der Waals surface area contributed by atoms with E-state index in [1.54, 1.807) is 17.8 Å². The van der Waals surface area contributed by atoms with Crippen molar-refractivity contribution in [3.05, 3.63) is 53.3 Å². The lowest BCUT2D eigenvalue weighted by molar-refractivity contribution is -0.139. The van der Waals surface area contributed by atoms with Crippen LogP contribution < -0.4 is 5.32 Å². The molecular formula is C15H17N3O3. The lowest BCUT2D eigenvalue weighted by atomic mass is 10.1. The van der Waals surface area contributed by atoms with Gasteiger partial charge in [0.2, 0.25) is 0 Å². The third-order valence-corrected chi connectivity index (χ3v) is 3.23. The number of amides is 1. The number of carbonyl (C=O) groups excluding carboxylic acids is 1. The van der Waals surface area contributed by atoms with Gasteiger partial charge in [-0.05, 0) is 18.6 Å². The van der Waals surface area contributed by atoms with Crippen molar-refractivity contribution in [1.82, 2.24) is 15.1 Å². The number of benzene rings is 1. The zero-order chi connectivity index (χ0) is 15.4. The first-order chi connectivity index (χ1) is 9.97. The Labute approximate surface area is 122 Å². The predicted molar refractivity (Wildman–Crippen MR) is 77.0 cm³/mol. The number of rotatable bonds is 5. The molecule has 0 aliphatic rings. The van der Waals surface area contributed by atoms with Crippen LogP contribution in [0.2, 0.25) is 0 Å². The highest BCUT2D eigenvalue weighted by Crippen LogP contribution is 2.06. The fourth-order valence-corrected chi connectivity index (χ4v) is 1.95. The standard InChI is InChI=1S/C15H17N3O3/c1-10-8-12(17-18(10)2)14(19)16-13(15(20)21)9-11-6-4-3-5-7-11/h3-8,13H,9H2,1-2H3,(H,16,19)(H,20,21). The van der Waals surface area contributed by atoms with Crippen molar-refractivity contribution >= 4 is 11.9 Å². The summed E-state index contributed by atoms with van der Waals surface area (Å²) in [6.45, 7) is 1.82. The summed E-state index contributed by atoms with van der Waals surface area (Å²) >= 11 is 0. The van der Waals surface area contributed by atoms with Gasteiger partial charge in [-0.3, -0.25) is 9.48 Å². The SMILES string of the molecule is Cc1cc(C(=O)NC(Cc2ccccc2)C(=O)O)nn1C. The van der Waals surface area contributed by atoms with Gasteiger partial charge in [-0.1, -0.05) is 30.3 Å². The summed E-state index contributed by atoms with van der Waals surface area (Å²) in [5, 5.41) is 15.8. The second-order valence-corrected chi connectivity index (χ2v) is 4.85. The first-order valence-corrected chi connectivity index (χ1v) is 6.55. The number of carboxylic acids is 1. The minimum absolute atomic E-state index is 0.217. The van der Waals surface area contributed by atoms with Crippen LogP contribution in [0.4, 0.5) is 0 Å². The van der Waals surface area contributed by atoms with E-state index in [0.717, 1.165) is 11.3 Å². The molecule has 0 aliphatic heterocycles. The van der Waals surface area contributed by atoms with Gasteiger partial charge in [0.1, 0.15) is 11.7 Å². The minimum atomic E-state index is -1.07. The van der Waals surface area contributed by atoms with Crippen LogP contribution in [0.1, 0.15) is 21.7 Å². The number of nitrogens with one attached hydrogen (secondary N) is 1. The third kappa shape index (κ3) is 3.68. The Morgan fingerprint density at radius 1 is 1.33 bits per heavy atom. The zero-order valence-electron chi connectivity index (χ0n) is 11.9. The Morgan fingerprint density at radius 2 is 2.00 bits per heavy atom. The molecule has 0 radical (unpaired) electrons. The summed E-state index contributed by atoms with van der Waals surface area (Å²) < 4.78 is 1.57. The van der Waals surface area contributed by atoms with E-state index in [1.165, 1.54) is 0 Å². The molecule has 1 unspecified atom stereocenters. The number of aromatic nitrogens is 2. The quantitative estimate of drug-likeness (QED) is 0.864. The Bertz CT molecular complexity index is 630. The lowest BCUT2D eigenvalue weighted by Crippen LogP contribution is -2.42. The predicted octanol–water partition coefficient (Wildman–Crippen LogP) is 1.15. The highest BCUT2D eigenvalue weighted by Gasteiger charge is 2.22. The molecule has 1 atom stereocenters. The van der Waals surface area contributed by atoms with Gasteiger partial charge in [0.15, 0.2) is 0 Å². The van der Waals surface area contributed by atoms with Crippen molar-refractivity contribution in [3.63, 3.8) is 0 Å². The van der Waals surface area contributed by atoms with Crippen molar-refractivity contribution in [1.29, 1.82) is 0 Å². The van der Waals surface area contributed by atoms with Crippen LogP contribution >= 0.6 is 0 Å². The number of nitrogens with zero attached hydrogens (tertiary/aromatic N) is 2. The number of carbonyl (C=O) groups is 2. The van der Waals surface area contributed by atoms with Crippen LogP contribution in [0.5, 0.6) is 0 Å². The molecule has 0 aliphatic carbocycles. The van der Waals surface area contributed by atoms with E-state index in [1.807, 2.05) is 37.3 Å². The van der Waals surface area contributed by atoms with E-state index >= 15 is 0 Å². The molecule has 1 amide bonds. The molecule has 6 heteroatoms. The molecule has 0 saturated carbocycles.